The Bertz CT molecular complexity index is 655. The highest BCUT2D eigenvalue weighted by Gasteiger charge is 2.50. The average Bonchev–Trinajstić information content (AvgIpc) is 2.73. The van der Waals surface area contributed by atoms with Gasteiger partial charge in [-0.25, -0.2) is 0 Å². The highest BCUT2D eigenvalue weighted by atomic mass is 16.5. The maximum absolute atomic E-state index is 12.5. The minimum Gasteiger partial charge on any atom is -0.378 e. The van der Waals surface area contributed by atoms with Gasteiger partial charge >= 0.3 is 0 Å². The Kier molecular flexibility index (Phi) is 6.38. The van der Waals surface area contributed by atoms with E-state index in [1.54, 1.807) is 0 Å². The van der Waals surface area contributed by atoms with Gasteiger partial charge in [-0.15, -0.1) is 0 Å². The van der Waals surface area contributed by atoms with Crippen LogP contribution in [0.5, 0.6) is 0 Å². The van der Waals surface area contributed by atoms with Gasteiger partial charge in [0.2, 0.25) is 0 Å². The molecule has 1 aliphatic heterocycles. The van der Waals surface area contributed by atoms with E-state index in [1.165, 1.54) is 17.6 Å². The molecule has 2 atom stereocenters. The van der Waals surface area contributed by atoms with Gasteiger partial charge in [-0.1, -0.05) is 42.9 Å². The molecule has 0 saturated carbocycles. The molecule has 4 nitrogen and oxygen atoms in total. The van der Waals surface area contributed by atoms with Gasteiger partial charge in [0, 0.05) is 24.3 Å². The lowest BCUT2D eigenvalue weighted by Gasteiger charge is -2.52. The summed E-state index contributed by atoms with van der Waals surface area (Å²) in [5.41, 5.74) is 1.85. The number of rotatable bonds is 7. The highest BCUT2D eigenvalue weighted by Crippen LogP contribution is 2.47. The predicted octanol–water partition coefficient (Wildman–Crippen LogP) is 3.72. The van der Waals surface area contributed by atoms with E-state index in [9.17, 15) is 4.79 Å². The first-order chi connectivity index (χ1) is 13.1. The Morgan fingerprint density at radius 1 is 1.22 bits per heavy atom. The third kappa shape index (κ3) is 3.83. The molecule has 1 saturated heterocycles. The fourth-order valence-corrected chi connectivity index (χ4v) is 4.89. The third-order valence-electron chi connectivity index (χ3n) is 6.66. The topological polar surface area (TPSA) is 32.8 Å². The molecule has 2 unspecified atom stereocenters. The Hall–Kier alpha value is -1.65. The summed E-state index contributed by atoms with van der Waals surface area (Å²) in [6.07, 6.45) is 19.5. The van der Waals surface area contributed by atoms with Gasteiger partial charge in [0.15, 0.2) is 0 Å². The lowest BCUT2D eigenvalue weighted by atomic mass is 9.61. The van der Waals surface area contributed by atoms with Crippen LogP contribution in [-0.2, 0) is 9.53 Å². The van der Waals surface area contributed by atoms with Crippen LogP contribution in [0.4, 0.5) is 0 Å². The van der Waals surface area contributed by atoms with Crippen molar-refractivity contribution in [3.8, 4) is 0 Å². The van der Waals surface area contributed by atoms with Crippen LogP contribution in [-0.4, -0.2) is 62.0 Å². The highest BCUT2D eigenvalue weighted by molar-refractivity contribution is 5.68. The van der Waals surface area contributed by atoms with E-state index in [-0.39, 0.29) is 5.54 Å². The number of morpholine rings is 1. The second-order valence-corrected chi connectivity index (χ2v) is 8.14. The van der Waals surface area contributed by atoms with E-state index in [0.29, 0.717) is 0 Å². The van der Waals surface area contributed by atoms with Gasteiger partial charge in [-0.2, -0.15) is 0 Å². The van der Waals surface area contributed by atoms with Crippen molar-refractivity contribution >= 4 is 6.29 Å². The molecule has 0 radical (unpaired) electrons. The number of hydrogen-bond donors (Lipinski definition) is 0. The quantitative estimate of drug-likeness (QED) is 0.640. The number of carbonyl (C=O) groups is 1. The Balaban J connectivity index is 1.89. The number of nitrogens with zero attached hydrogens (tertiary/aromatic N) is 2. The summed E-state index contributed by atoms with van der Waals surface area (Å²) < 4.78 is 5.47. The van der Waals surface area contributed by atoms with E-state index < -0.39 is 5.41 Å². The van der Waals surface area contributed by atoms with Crippen molar-refractivity contribution in [3.63, 3.8) is 0 Å². The summed E-state index contributed by atoms with van der Waals surface area (Å²) in [4.78, 5) is 17.2. The van der Waals surface area contributed by atoms with Crippen LogP contribution < -0.4 is 0 Å². The molecule has 0 bridgehead atoms. The number of ether oxygens (including phenoxy) is 1. The first-order valence-electron chi connectivity index (χ1n) is 10.3. The smallest absolute Gasteiger partial charge is 0.132 e. The van der Waals surface area contributed by atoms with Crippen LogP contribution in [0.3, 0.4) is 0 Å². The molecule has 0 aromatic carbocycles. The second-order valence-electron chi connectivity index (χ2n) is 8.14. The van der Waals surface area contributed by atoms with Crippen molar-refractivity contribution in [1.82, 2.24) is 9.80 Å². The zero-order valence-corrected chi connectivity index (χ0v) is 17.1. The largest absolute Gasteiger partial charge is 0.378 e. The Labute approximate surface area is 164 Å². The van der Waals surface area contributed by atoms with Gasteiger partial charge in [-0.05, 0) is 52.3 Å². The van der Waals surface area contributed by atoms with Gasteiger partial charge in [0.05, 0.1) is 18.6 Å². The van der Waals surface area contributed by atoms with Crippen LogP contribution in [0.2, 0.25) is 0 Å². The molecule has 27 heavy (non-hydrogen) atoms. The lowest BCUT2D eigenvalue weighted by molar-refractivity contribution is -0.121. The summed E-state index contributed by atoms with van der Waals surface area (Å²) in [5, 5.41) is 0. The minimum absolute atomic E-state index is 0.230. The van der Waals surface area contributed by atoms with Gasteiger partial charge in [-0.3, -0.25) is 0 Å². The van der Waals surface area contributed by atoms with Crippen molar-refractivity contribution in [3.05, 3.63) is 47.7 Å². The zero-order chi connectivity index (χ0) is 19.3. The summed E-state index contributed by atoms with van der Waals surface area (Å²) in [6.45, 7) is 5.62. The van der Waals surface area contributed by atoms with Crippen LogP contribution in [0.15, 0.2) is 47.7 Å². The second kappa shape index (κ2) is 8.57. The van der Waals surface area contributed by atoms with Crippen molar-refractivity contribution in [1.29, 1.82) is 0 Å². The zero-order valence-electron chi connectivity index (χ0n) is 17.1. The van der Waals surface area contributed by atoms with Crippen LogP contribution in [0.25, 0.3) is 0 Å². The predicted molar refractivity (Wildman–Crippen MR) is 111 cm³/mol. The summed E-state index contributed by atoms with van der Waals surface area (Å²) in [5.74, 6) is 0. The first kappa shape index (κ1) is 20.1. The molecule has 4 heteroatoms. The first-order valence-corrected chi connectivity index (χ1v) is 10.3. The van der Waals surface area contributed by atoms with E-state index in [2.05, 4.69) is 67.3 Å². The van der Waals surface area contributed by atoms with E-state index in [4.69, 9.17) is 4.74 Å². The normalized spacial score (nSPS) is 27.9. The molecule has 3 rings (SSSR count). The summed E-state index contributed by atoms with van der Waals surface area (Å²) >= 11 is 0. The Morgan fingerprint density at radius 2 is 2.00 bits per heavy atom. The summed E-state index contributed by atoms with van der Waals surface area (Å²) in [7, 11) is 4.24. The van der Waals surface area contributed by atoms with Crippen LogP contribution in [0, 0.1) is 5.41 Å². The summed E-state index contributed by atoms with van der Waals surface area (Å²) in [6, 6.07) is 0. The lowest BCUT2D eigenvalue weighted by Crippen LogP contribution is -2.58. The van der Waals surface area contributed by atoms with Gasteiger partial charge in [0.25, 0.3) is 0 Å². The van der Waals surface area contributed by atoms with Crippen molar-refractivity contribution in [2.45, 2.75) is 44.6 Å². The number of allylic oxidation sites excluding steroid dienone is 5. The van der Waals surface area contributed by atoms with Crippen LogP contribution in [0.1, 0.15) is 39.0 Å². The molecular weight excluding hydrogens is 336 g/mol. The minimum atomic E-state index is -0.507. The molecule has 0 aromatic rings. The molecule has 0 aromatic heterocycles. The molecule has 3 aliphatic rings. The van der Waals surface area contributed by atoms with Crippen LogP contribution >= 0.6 is 0 Å². The molecule has 0 amide bonds. The fraction of sp³-hybridized carbons (Fsp3) is 0.609. The Morgan fingerprint density at radius 3 is 2.52 bits per heavy atom. The monoisotopic (exact) mass is 370 g/mol. The van der Waals surface area contributed by atoms with E-state index in [0.717, 1.165) is 58.4 Å². The average molecular weight is 371 g/mol. The molecule has 0 spiro atoms. The molecule has 1 fully saturated rings. The SMILES string of the molecule is CCC(CC1=CCCC=C1)(N(C)C)C1(C=O)C=CC(N2CCOCC2)=CC1. The van der Waals surface area contributed by atoms with E-state index in [1.807, 2.05) is 0 Å². The molecule has 148 valence electrons. The maximum atomic E-state index is 12.5. The molecule has 1 heterocycles. The number of hydrogen-bond acceptors (Lipinski definition) is 4. The van der Waals surface area contributed by atoms with E-state index >= 15 is 0 Å². The van der Waals surface area contributed by atoms with Gasteiger partial charge < -0.3 is 19.3 Å². The van der Waals surface area contributed by atoms with Gasteiger partial charge in [0.1, 0.15) is 6.29 Å². The number of carbonyl (C=O) groups excluding carboxylic acids is 1. The maximum Gasteiger partial charge on any atom is 0.132 e. The standard InChI is InChI=1S/C23H34N2O2/c1-4-23(24(2)3,18-20-8-6-5-7-9-20)22(19-26)12-10-21(11-13-22)25-14-16-27-17-15-25/h6,8-12,19H,4-5,7,13-18H2,1-3H3. The number of aldehydes is 1. The molecule has 0 N–H and O–H groups in total. The molecule has 2 aliphatic carbocycles. The fourth-order valence-electron chi connectivity index (χ4n) is 4.89. The van der Waals surface area contributed by atoms with Crippen molar-refractivity contribution in [2.75, 3.05) is 40.4 Å². The van der Waals surface area contributed by atoms with Crippen molar-refractivity contribution < 1.29 is 9.53 Å². The van der Waals surface area contributed by atoms with Crippen molar-refractivity contribution in [2.24, 2.45) is 5.41 Å². The molecular formula is C23H34N2O2. The third-order valence-corrected chi connectivity index (χ3v) is 6.66.